The maximum atomic E-state index is 13.1. The summed E-state index contributed by atoms with van der Waals surface area (Å²) in [5.41, 5.74) is 5.22. The van der Waals surface area contributed by atoms with Crippen molar-refractivity contribution in [3.63, 3.8) is 0 Å². The van der Waals surface area contributed by atoms with E-state index in [1.54, 1.807) is 18.2 Å². The van der Waals surface area contributed by atoms with E-state index in [9.17, 15) is 4.79 Å². The number of carbonyl (C=O) groups is 1. The molecule has 0 bridgehead atoms. The molecule has 0 aliphatic rings. The third-order valence-corrected chi connectivity index (χ3v) is 5.82. The van der Waals surface area contributed by atoms with Crippen LogP contribution in [0.2, 0.25) is 10.0 Å². The standard InChI is InChI=1S/C22H19Cl2N4OP/c1-12-21(13(2)28(27-12)11-14-7-8-15(23)9-18(14)24)26-22(29)17-10-20(30)25-19-6-4-3-5-16(17)19/h3-10H,11,30H2,1-2H3,(H,26,29). The largest absolute Gasteiger partial charge is 0.319 e. The number of nitrogens with zero attached hydrogens (tertiary/aromatic N) is 3. The molecule has 2 aromatic carbocycles. The summed E-state index contributed by atoms with van der Waals surface area (Å²) < 4.78 is 1.83. The Morgan fingerprint density at radius 2 is 1.90 bits per heavy atom. The van der Waals surface area contributed by atoms with E-state index in [1.165, 1.54) is 0 Å². The van der Waals surface area contributed by atoms with Crippen LogP contribution in [0.1, 0.15) is 27.3 Å². The van der Waals surface area contributed by atoms with E-state index < -0.39 is 0 Å². The van der Waals surface area contributed by atoms with Gasteiger partial charge in [-0.2, -0.15) is 5.10 Å². The van der Waals surface area contributed by atoms with Gasteiger partial charge in [0.15, 0.2) is 0 Å². The Labute approximate surface area is 186 Å². The van der Waals surface area contributed by atoms with Gasteiger partial charge in [0.25, 0.3) is 5.91 Å². The van der Waals surface area contributed by atoms with Crippen LogP contribution in [0.4, 0.5) is 5.69 Å². The minimum atomic E-state index is -0.201. The molecular weight excluding hydrogens is 438 g/mol. The van der Waals surface area contributed by atoms with Crippen LogP contribution in [0.5, 0.6) is 0 Å². The number of aromatic nitrogens is 3. The zero-order valence-electron chi connectivity index (χ0n) is 16.4. The number of aryl methyl sites for hydroxylation is 1. The maximum absolute atomic E-state index is 13.1. The normalized spacial score (nSPS) is 11.1. The molecule has 1 atom stereocenters. The SMILES string of the molecule is Cc1nn(Cc2ccc(Cl)cc2Cl)c(C)c1NC(=O)c1cc(P)nc2ccccc12. The molecule has 152 valence electrons. The quantitative estimate of drug-likeness (QED) is 0.431. The number of benzene rings is 2. The second-order valence-corrected chi connectivity index (χ2v) is 8.44. The molecule has 0 aliphatic carbocycles. The Bertz CT molecular complexity index is 1290. The first-order chi connectivity index (χ1) is 14.3. The Morgan fingerprint density at radius 1 is 1.13 bits per heavy atom. The second kappa shape index (κ2) is 8.35. The van der Waals surface area contributed by atoms with Gasteiger partial charge in [-0.15, -0.1) is 0 Å². The third-order valence-electron chi connectivity index (χ3n) is 4.94. The number of rotatable bonds is 4. The molecule has 1 unspecified atom stereocenters. The van der Waals surface area contributed by atoms with Crippen LogP contribution >= 0.6 is 32.4 Å². The smallest absolute Gasteiger partial charge is 0.256 e. The highest BCUT2D eigenvalue weighted by molar-refractivity contribution is 7.27. The van der Waals surface area contributed by atoms with Crippen molar-refractivity contribution in [1.29, 1.82) is 0 Å². The van der Waals surface area contributed by atoms with E-state index >= 15 is 0 Å². The summed E-state index contributed by atoms with van der Waals surface area (Å²) in [6, 6.07) is 14.7. The fraction of sp³-hybridized carbons (Fsp3) is 0.136. The van der Waals surface area contributed by atoms with Gasteiger partial charge in [-0.05, 0) is 43.7 Å². The monoisotopic (exact) mass is 456 g/mol. The molecule has 0 radical (unpaired) electrons. The number of fused-ring (bicyclic) bond motifs is 1. The van der Waals surface area contributed by atoms with Crippen molar-refractivity contribution in [3.05, 3.63) is 81.1 Å². The zero-order valence-corrected chi connectivity index (χ0v) is 19.1. The predicted molar refractivity (Wildman–Crippen MR) is 126 cm³/mol. The summed E-state index contributed by atoms with van der Waals surface area (Å²) in [6.45, 7) is 4.27. The van der Waals surface area contributed by atoms with Gasteiger partial charge in [-0.25, -0.2) is 4.98 Å². The zero-order chi connectivity index (χ0) is 21.4. The molecule has 0 saturated carbocycles. The van der Waals surface area contributed by atoms with Crippen LogP contribution in [0.15, 0.2) is 48.5 Å². The number of halogens is 2. The van der Waals surface area contributed by atoms with E-state index in [4.69, 9.17) is 23.2 Å². The topological polar surface area (TPSA) is 59.8 Å². The van der Waals surface area contributed by atoms with Crippen molar-refractivity contribution in [1.82, 2.24) is 14.8 Å². The molecular formula is C22H19Cl2N4OP. The van der Waals surface area contributed by atoms with E-state index in [0.717, 1.165) is 27.9 Å². The van der Waals surface area contributed by atoms with Gasteiger partial charge in [0, 0.05) is 15.4 Å². The third kappa shape index (κ3) is 4.06. The first-order valence-corrected chi connectivity index (χ1v) is 10.6. The van der Waals surface area contributed by atoms with Crippen molar-refractivity contribution in [2.75, 3.05) is 5.32 Å². The summed E-state index contributed by atoms with van der Waals surface area (Å²) in [7, 11) is 2.55. The van der Waals surface area contributed by atoms with Crippen LogP contribution in [0, 0.1) is 13.8 Å². The number of nitrogens with one attached hydrogen (secondary N) is 1. The summed E-state index contributed by atoms with van der Waals surface area (Å²) in [5.74, 6) is -0.201. The maximum Gasteiger partial charge on any atom is 0.256 e. The highest BCUT2D eigenvalue weighted by Gasteiger charge is 2.18. The summed E-state index contributed by atoms with van der Waals surface area (Å²) in [5, 5.41) is 9.59. The summed E-state index contributed by atoms with van der Waals surface area (Å²) >= 11 is 12.3. The van der Waals surface area contributed by atoms with E-state index in [-0.39, 0.29) is 5.91 Å². The van der Waals surface area contributed by atoms with Gasteiger partial charge < -0.3 is 5.32 Å². The molecule has 0 saturated heterocycles. The highest BCUT2D eigenvalue weighted by Crippen LogP contribution is 2.26. The highest BCUT2D eigenvalue weighted by atomic mass is 35.5. The fourth-order valence-corrected chi connectivity index (χ4v) is 4.18. The van der Waals surface area contributed by atoms with Gasteiger partial charge in [0.2, 0.25) is 0 Å². The molecule has 8 heteroatoms. The van der Waals surface area contributed by atoms with Crippen LogP contribution in [0.3, 0.4) is 0 Å². The number of anilines is 1. The van der Waals surface area contributed by atoms with E-state index in [0.29, 0.717) is 33.3 Å². The lowest BCUT2D eigenvalue weighted by atomic mass is 10.1. The van der Waals surface area contributed by atoms with E-state index in [2.05, 4.69) is 24.6 Å². The lowest BCUT2D eigenvalue weighted by Gasteiger charge is -2.10. The molecule has 1 N–H and O–H groups in total. The fourth-order valence-electron chi connectivity index (χ4n) is 3.41. The number of carbonyl (C=O) groups excluding carboxylic acids is 1. The number of pyridine rings is 1. The Hall–Kier alpha value is -2.46. The number of hydrogen-bond donors (Lipinski definition) is 1. The van der Waals surface area contributed by atoms with Crippen molar-refractivity contribution < 1.29 is 4.79 Å². The molecule has 4 aromatic rings. The van der Waals surface area contributed by atoms with Gasteiger partial charge >= 0.3 is 0 Å². The minimum absolute atomic E-state index is 0.201. The second-order valence-electron chi connectivity index (χ2n) is 7.01. The number of hydrogen-bond acceptors (Lipinski definition) is 3. The average Bonchev–Trinajstić information content (AvgIpc) is 2.96. The molecule has 0 aliphatic heterocycles. The first kappa shape index (κ1) is 20.8. The molecule has 30 heavy (non-hydrogen) atoms. The van der Waals surface area contributed by atoms with Crippen molar-refractivity contribution >= 4 is 60.4 Å². The van der Waals surface area contributed by atoms with Gasteiger partial charge in [0.1, 0.15) is 0 Å². The van der Waals surface area contributed by atoms with Gasteiger partial charge in [-0.3, -0.25) is 9.48 Å². The van der Waals surface area contributed by atoms with E-state index in [1.807, 2.05) is 48.9 Å². The Balaban J connectivity index is 1.65. The molecule has 0 fully saturated rings. The molecule has 2 heterocycles. The van der Waals surface area contributed by atoms with Crippen LogP contribution < -0.4 is 10.8 Å². The predicted octanol–water partition coefficient (Wildman–Crippen LogP) is 5.16. The van der Waals surface area contributed by atoms with Gasteiger partial charge in [0.05, 0.1) is 40.1 Å². The van der Waals surface area contributed by atoms with Crippen LogP contribution in [0.25, 0.3) is 10.9 Å². The Kier molecular flexibility index (Phi) is 5.79. The molecule has 5 nitrogen and oxygen atoms in total. The van der Waals surface area contributed by atoms with Crippen molar-refractivity contribution in [2.45, 2.75) is 20.4 Å². The minimum Gasteiger partial charge on any atom is -0.319 e. The van der Waals surface area contributed by atoms with Crippen LogP contribution in [-0.4, -0.2) is 20.7 Å². The molecule has 1 amide bonds. The average molecular weight is 457 g/mol. The van der Waals surface area contributed by atoms with Crippen molar-refractivity contribution in [2.24, 2.45) is 0 Å². The summed E-state index contributed by atoms with van der Waals surface area (Å²) in [4.78, 5) is 17.6. The lowest BCUT2D eigenvalue weighted by Crippen LogP contribution is -2.16. The first-order valence-electron chi connectivity index (χ1n) is 9.28. The van der Waals surface area contributed by atoms with Crippen LogP contribution in [-0.2, 0) is 6.54 Å². The number of amides is 1. The van der Waals surface area contributed by atoms with Crippen molar-refractivity contribution in [3.8, 4) is 0 Å². The molecule has 2 aromatic heterocycles. The Morgan fingerprint density at radius 3 is 2.67 bits per heavy atom. The summed E-state index contributed by atoms with van der Waals surface area (Å²) in [6.07, 6.45) is 0. The lowest BCUT2D eigenvalue weighted by molar-refractivity contribution is 0.102. The van der Waals surface area contributed by atoms with Gasteiger partial charge in [-0.1, -0.05) is 56.7 Å². The molecule has 0 spiro atoms. The molecule has 4 rings (SSSR count). The number of para-hydroxylation sites is 1.